The number of carboxylic acid groups (broad SMARTS) is 1. The van der Waals surface area contributed by atoms with E-state index in [-0.39, 0.29) is 18.9 Å². The maximum absolute atomic E-state index is 11.7. The number of methoxy groups -OCH3 is 1. The molecule has 1 aromatic heterocycles. The van der Waals surface area contributed by atoms with Crippen molar-refractivity contribution in [1.82, 2.24) is 15.1 Å². The van der Waals surface area contributed by atoms with E-state index in [1.54, 1.807) is 19.4 Å². The first-order valence-corrected chi connectivity index (χ1v) is 17.0. The minimum atomic E-state index is -0.906. The highest BCUT2D eigenvalue weighted by molar-refractivity contribution is 7.79. The topological polar surface area (TPSA) is 93.5 Å². The minimum absolute atomic E-state index is 0.0501. The first-order chi connectivity index (χ1) is 22.7. The molecule has 1 aliphatic carbocycles. The van der Waals surface area contributed by atoms with Crippen LogP contribution in [0.1, 0.15) is 41.6 Å². The standard InChI is InChI=1S/C21H16Cl2N2O.C15H19NO3.CH4S/c1-25-21(12-20(24-25)16-8-17(22)11-18(23)9-16)15-4-3-14-10-19(26-2)6-5-13(14)7-15;17-14(18)8-9-16-15(19)13-6-4-12(5-7-13)10-11-2-1-3-11;1-2/h3-12H,1-2H3;4-7,11H,1-3,8-10H2,(H,16,19)(H,17,18);2H,1H3. The number of halogens is 2. The number of nitrogens with one attached hydrogen (secondary N) is 1. The molecule has 0 radical (unpaired) electrons. The van der Waals surface area contributed by atoms with Crippen LogP contribution in [-0.4, -0.2) is 46.7 Å². The molecule has 10 heteroatoms. The lowest BCUT2D eigenvalue weighted by molar-refractivity contribution is -0.136. The summed E-state index contributed by atoms with van der Waals surface area (Å²) in [5.74, 6) is 0.550. The van der Waals surface area contributed by atoms with Gasteiger partial charge in [-0.2, -0.15) is 17.7 Å². The number of thiol groups is 1. The van der Waals surface area contributed by atoms with Crippen molar-refractivity contribution >= 4 is 58.5 Å². The molecular formula is C37H39Cl2N3O4S. The van der Waals surface area contributed by atoms with Gasteiger partial charge in [0.2, 0.25) is 0 Å². The molecule has 1 aliphatic rings. The van der Waals surface area contributed by atoms with Crippen LogP contribution in [0.4, 0.5) is 0 Å². The van der Waals surface area contributed by atoms with Gasteiger partial charge in [0.1, 0.15) is 5.75 Å². The maximum atomic E-state index is 11.7. The Morgan fingerprint density at radius 2 is 1.57 bits per heavy atom. The van der Waals surface area contributed by atoms with Gasteiger partial charge in [-0.1, -0.05) is 72.8 Å². The van der Waals surface area contributed by atoms with Gasteiger partial charge >= 0.3 is 5.97 Å². The van der Waals surface area contributed by atoms with Gasteiger partial charge in [-0.25, -0.2) is 0 Å². The first-order valence-electron chi connectivity index (χ1n) is 15.3. The molecule has 2 N–H and O–H groups in total. The summed E-state index contributed by atoms with van der Waals surface area (Å²) in [5.41, 5.74) is 5.71. The number of hydrogen-bond donors (Lipinski definition) is 3. The van der Waals surface area contributed by atoms with Crippen LogP contribution in [0.25, 0.3) is 33.3 Å². The van der Waals surface area contributed by atoms with Gasteiger partial charge in [0, 0.05) is 40.3 Å². The molecule has 1 amide bonds. The largest absolute Gasteiger partial charge is 0.497 e. The van der Waals surface area contributed by atoms with Gasteiger partial charge in [-0.15, -0.1) is 0 Å². The number of aromatic nitrogens is 2. The Hall–Kier alpha value is -3.98. The number of fused-ring (bicyclic) bond motifs is 1. The highest BCUT2D eigenvalue weighted by Crippen LogP contribution is 2.32. The van der Waals surface area contributed by atoms with E-state index in [2.05, 4.69) is 47.3 Å². The Morgan fingerprint density at radius 1 is 0.915 bits per heavy atom. The third kappa shape index (κ3) is 10.0. The summed E-state index contributed by atoms with van der Waals surface area (Å²) >= 11 is 15.8. The number of aryl methyl sites for hydroxylation is 1. The Balaban J connectivity index is 0.000000212. The predicted octanol–water partition coefficient (Wildman–Crippen LogP) is 9.00. The number of aliphatic carboxylic acids is 1. The SMILES string of the molecule is COc1ccc2cc(-c3cc(-c4cc(Cl)cc(Cl)c4)nn3C)ccc2c1.CS.O=C(O)CCNC(=O)c1ccc(CC2CCC2)cc1. The van der Waals surface area contributed by atoms with E-state index in [9.17, 15) is 9.59 Å². The van der Waals surface area contributed by atoms with Crippen LogP contribution in [0.15, 0.2) is 84.9 Å². The molecule has 0 atom stereocenters. The highest BCUT2D eigenvalue weighted by Gasteiger charge is 2.18. The fraction of sp³-hybridized carbons (Fsp3) is 0.270. The second-order valence-electron chi connectivity index (χ2n) is 11.2. The average Bonchev–Trinajstić information content (AvgIpc) is 3.44. The molecule has 6 rings (SSSR count). The van der Waals surface area contributed by atoms with Crippen molar-refractivity contribution in [3.05, 3.63) is 106 Å². The summed E-state index contributed by atoms with van der Waals surface area (Å²) in [6, 6.07) is 27.5. The van der Waals surface area contributed by atoms with Gasteiger partial charge in [0.25, 0.3) is 5.91 Å². The van der Waals surface area contributed by atoms with Crippen molar-refractivity contribution in [2.75, 3.05) is 19.9 Å². The Bertz CT molecular complexity index is 1800. The summed E-state index contributed by atoms with van der Waals surface area (Å²) in [6.45, 7) is 0.165. The van der Waals surface area contributed by atoms with Crippen LogP contribution in [0.2, 0.25) is 10.0 Å². The number of carboxylic acids is 1. The van der Waals surface area contributed by atoms with Crippen LogP contribution in [0, 0.1) is 5.92 Å². The number of carbonyl (C=O) groups excluding carboxylic acids is 1. The zero-order chi connectivity index (χ0) is 33.9. The van der Waals surface area contributed by atoms with E-state index < -0.39 is 5.97 Å². The van der Waals surface area contributed by atoms with Gasteiger partial charge in [0.15, 0.2) is 0 Å². The number of carbonyl (C=O) groups is 2. The molecule has 5 aromatic rings. The van der Waals surface area contributed by atoms with Gasteiger partial charge in [-0.3, -0.25) is 14.3 Å². The number of hydrogen-bond acceptors (Lipinski definition) is 5. The van der Waals surface area contributed by atoms with E-state index >= 15 is 0 Å². The fourth-order valence-corrected chi connectivity index (χ4v) is 5.82. The van der Waals surface area contributed by atoms with E-state index in [1.807, 2.05) is 66.3 Å². The Kier molecular flexibility index (Phi) is 13.2. The molecule has 7 nitrogen and oxygen atoms in total. The molecule has 246 valence electrons. The normalized spacial score (nSPS) is 12.2. The van der Waals surface area contributed by atoms with Crippen molar-refractivity contribution < 1.29 is 19.4 Å². The van der Waals surface area contributed by atoms with E-state index in [1.165, 1.54) is 24.8 Å². The van der Waals surface area contributed by atoms with Crippen molar-refractivity contribution in [2.24, 2.45) is 13.0 Å². The summed E-state index contributed by atoms with van der Waals surface area (Å²) in [7, 11) is 3.61. The number of ether oxygens (including phenoxy) is 1. The quantitative estimate of drug-likeness (QED) is 0.134. The summed E-state index contributed by atoms with van der Waals surface area (Å²) < 4.78 is 7.16. The number of benzene rings is 4. The third-order valence-electron chi connectivity index (χ3n) is 7.97. The summed E-state index contributed by atoms with van der Waals surface area (Å²) in [4.78, 5) is 22.1. The minimum Gasteiger partial charge on any atom is -0.497 e. The van der Waals surface area contributed by atoms with Crippen molar-refractivity contribution in [1.29, 1.82) is 0 Å². The Labute approximate surface area is 291 Å². The van der Waals surface area contributed by atoms with Crippen molar-refractivity contribution in [3.63, 3.8) is 0 Å². The lowest BCUT2D eigenvalue weighted by Crippen LogP contribution is -2.25. The van der Waals surface area contributed by atoms with Crippen LogP contribution >= 0.6 is 35.8 Å². The molecule has 0 bridgehead atoms. The second kappa shape index (κ2) is 17.3. The molecular weight excluding hydrogens is 653 g/mol. The summed E-state index contributed by atoms with van der Waals surface area (Å²) in [5, 5.41) is 19.2. The van der Waals surface area contributed by atoms with E-state index in [0.29, 0.717) is 15.6 Å². The lowest BCUT2D eigenvalue weighted by atomic mass is 9.81. The fourth-order valence-electron chi connectivity index (χ4n) is 5.30. The molecule has 0 aliphatic heterocycles. The average molecular weight is 693 g/mol. The second-order valence-corrected chi connectivity index (χ2v) is 12.1. The zero-order valence-electron chi connectivity index (χ0n) is 26.7. The van der Waals surface area contributed by atoms with Crippen molar-refractivity contribution in [2.45, 2.75) is 32.1 Å². The molecule has 1 saturated carbocycles. The molecule has 1 fully saturated rings. The highest BCUT2D eigenvalue weighted by atomic mass is 35.5. The molecule has 0 saturated heterocycles. The number of nitrogens with zero attached hydrogens (tertiary/aromatic N) is 2. The van der Waals surface area contributed by atoms with E-state index in [4.69, 9.17) is 33.0 Å². The monoisotopic (exact) mass is 691 g/mol. The molecule has 0 spiro atoms. The Morgan fingerprint density at radius 3 is 2.19 bits per heavy atom. The maximum Gasteiger partial charge on any atom is 0.305 e. The van der Waals surface area contributed by atoms with Crippen LogP contribution < -0.4 is 10.1 Å². The smallest absolute Gasteiger partial charge is 0.305 e. The van der Waals surface area contributed by atoms with Crippen LogP contribution in [0.5, 0.6) is 5.75 Å². The lowest BCUT2D eigenvalue weighted by Gasteiger charge is -2.25. The predicted molar refractivity (Wildman–Crippen MR) is 195 cm³/mol. The van der Waals surface area contributed by atoms with Crippen LogP contribution in [-0.2, 0) is 18.3 Å². The number of amides is 1. The zero-order valence-corrected chi connectivity index (χ0v) is 29.1. The molecule has 4 aromatic carbocycles. The molecule has 1 heterocycles. The molecule has 47 heavy (non-hydrogen) atoms. The van der Waals surface area contributed by atoms with Gasteiger partial charge in [0.05, 0.1) is 24.9 Å². The van der Waals surface area contributed by atoms with Gasteiger partial charge in [-0.05, 0) is 89.5 Å². The van der Waals surface area contributed by atoms with E-state index in [0.717, 1.165) is 51.4 Å². The molecule has 0 unspecified atom stereocenters. The van der Waals surface area contributed by atoms with Crippen LogP contribution in [0.3, 0.4) is 0 Å². The van der Waals surface area contributed by atoms with Crippen molar-refractivity contribution in [3.8, 4) is 28.3 Å². The number of rotatable bonds is 9. The first kappa shape index (κ1) is 35.9. The third-order valence-corrected chi connectivity index (χ3v) is 8.41. The van der Waals surface area contributed by atoms with Gasteiger partial charge < -0.3 is 15.2 Å². The summed E-state index contributed by atoms with van der Waals surface area (Å²) in [6.07, 6.45) is 6.72.